The third-order valence-corrected chi connectivity index (χ3v) is 2.87. The zero-order valence-electron chi connectivity index (χ0n) is 8.73. The molecule has 0 aliphatic rings. The molecule has 0 fully saturated rings. The number of halogens is 2. The molecule has 1 aromatic carbocycles. The van der Waals surface area contributed by atoms with Crippen molar-refractivity contribution in [2.75, 3.05) is 0 Å². The highest BCUT2D eigenvalue weighted by Crippen LogP contribution is 2.30. The Morgan fingerprint density at radius 1 is 1.41 bits per heavy atom. The predicted molar refractivity (Wildman–Crippen MR) is 69.1 cm³/mol. The van der Waals surface area contributed by atoms with Crippen molar-refractivity contribution in [3.8, 4) is 11.6 Å². The lowest BCUT2D eigenvalue weighted by molar-refractivity contribution is 0.452. The van der Waals surface area contributed by atoms with Crippen molar-refractivity contribution < 1.29 is 4.74 Å². The lowest BCUT2D eigenvalue weighted by atomic mass is 10.2. The van der Waals surface area contributed by atoms with Gasteiger partial charge in [0.25, 0.3) is 0 Å². The summed E-state index contributed by atoms with van der Waals surface area (Å²) in [5, 5.41) is 0.586. The van der Waals surface area contributed by atoms with Crippen molar-refractivity contribution in [3.05, 3.63) is 45.8 Å². The number of nitrogens with zero attached hydrogens (tertiary/aromatic N) is 2. The zero-order chi connectivity index (χ0) is 12.3. The first-order valence-corrected chi connectivity index (χ1v) is 5.99. The molecule has 0 atom stereocenters. The number of hydrogen-bond acceptors (Lipinski definition) is 4. The second-order valence-corrected chi connectivity index (χ2v) is 4.52. The maximum atomic E-state index is 5.91. The standard InChI is InChI=1S/C11H9BrClN3O/c12-9-5-15-6-16-11(9)17-10-3-8(13)2-1-7(10)4-14/h1-3,5-6H,4,14H2. The third kappa shape index (κ3) is 2.94. The normalized spacial score (nSPS) is 10.3. The summed E-state index contributed by atoms with van der Waals surface area (Å²) in [4.78, 5) is 7.87. The Morgan fingerprint density at radius 2 is 2.24 bits per heavy atom. The Morgan fingerprint density at radius 3 is 2.94 bits per heavy atom. The Bertz CT molecular complexity index is 536. The van der Waals surface area contributed by atoms with Crippen LogP contribution in [0.2, 0.25) is 5.02 Å². The van der Waals surface area contributed by atoms with Gasteiger partial charge in [0.2, 0.25) is 5.88 Å². The molecular weight excluding hydrogens is 305 g/mol. The Balaban J connectivity index is 2.35. The van der Waals surface area contributed by atoms with Crippen LogP contribution in [0.5, 0.6) is 11.6 Å². The summed E-state index contributed by atoms with van der Waals surface area (Å²) in [6, 6.07) is 5.30. The van der Waals surface area contributed by atoms with Gasteiger partial charge in [-0.05, 0) is 28.1 Å². The topological polar surface area (TPSA) is 61.0 Å². The van der Waals surface area contributed by atoms with Crippen LogP contribution in [0.15, 0.2) is 35.2 Å². The van der Waals surface area contributed by atoms with Crippen LogP contribution < -0.4 is 10.5 Å². The van der Waals surface area contributed by atoms with Gasteiger partial charge >= 0.3 is 0 Å². The molecule has 0 aliphatic carbocycles. The summed E-state index contributed by atoms with van der Waals surface area (Å²) in [5.74, 6) is 1.02. The number of rotatable bonds is 3. The molecule has 17 heavy (non-hydrogen) atoms. The molecule has 0 saturated carbocycles. The maximum absolute atomic E-state index is 5.91. The number of nitrogens with two attached hydrogens (primary N) is 1. The van der Waals surface area contributed by atoms with Crippen molar-refractivity contribution >= 4 is 27.5 Å². The Hall–Kier alpha value is -1.17. The van der Waals surface area contributed by atoms with Gasteiger partial charge < -0.3 is 10.5 Å². The van der Waals surface area contributed by atoms with Gasteiger partial charge in [0.15, 0.2) is 0 Å². The minimum atomic E-state index is 0.370. The van der Waals surface area contributed by atoms with E-state index in [-0.39, 0.29) is 0 Å². The molecule has 0 radical (unpaired) electrons. The first-order valence-electron chi connectivity index (χ1n) is 4.82. The van der Waals surface area contributed by atoms with Crippen LogP contribution in [0.25, 0.3) is 0 Å². The van der Waals surface area contributed by atoms with Gasteiger partial charge in [-0.3, -0.25) is 0 Å². The minimum Gasteiger partial charge on any atom is -0.437 e. The largest absolute Gasteiger partial charge is 0.437 e. The Kier molecular flexibility index (Phi) is 3.93. The van der Waals surface area contributed by atoms with Gasteiger partial charge in [0.1, 0.15) is 12.1 Å². The van der Waals surface area contributed by atoms with Crippen molar-refractivity contribution in [2.45, 2.75) is 6.54 Å². The average Bonchev–Trinajstić information content (AvgIpc) is 2.32. The molecule has 1 aromatic heterocycles. The minimum absolute atomic E-state index is 0.370. The van der Waals surface area contributed by atoms with Crippen LogP contribution in [0, 0.1) is 0 Å². The van der Waals surface area contributed by atoms with E-state index in [0.717, 1.165) is 5.56 Å². The molecule has 0 spiro atoms. The van der Waals surface area contributed by atoms with Crippen LogP contribution in [0.1, 0.15) is 5.56 Å². The molecule has 0 bridgehead atoms. The fourth-order valence-corrected chi connectivity index (χ4v) is 1.74. The summed E-state index contributed by atoms with van der Waals surface area (Å²) < 4.78 is 6.32. The Labute approximate surface area is 112 Å². The van der Waals surface area contributed by atoms with Crippen molar-refractivity contribution in [1.29, 1.82) is 0 Å². The number of aromatic nitrogens is 2. The highest BCUT2D eigenvalue weighted by Gasteiger charge is 2.08. The van der Waals surface area contributed by atoms with E-state index in [1.165, 1.54) is 6.33 Å². The van der Waals surface area contributed by atoms with Gasteiger partial charge in [0, 0.05) is 23.3 Å². The van der Waals surface area contributed by atoms with E-state index in [9.17, 15) is 0 Å². The van der Waals surface area contributed by atoms with E-state index in [4.69, 9.17) is 22.1 Å². The molecule has 2 rings (SSSR count). The van der Waals surface area contributed by atoms with Crippen LogP contribution >= 0.6 is 27.5 Å². The zero-order valence-corrected chi connectivity index (χ0v) is 11.1. The van der Waals surface area contributed by atoms with Crippen molar-refractivity contribution in [1.82, 2.24) is 9.97 Å². The molecule has 88 valence electrons. The summed E-state index contributed by atoms with van der Waals surface area (Å²) in [5.41, 5.74) is 6.49. The number of benzene rings is 1. The molecule has 0 aliphatic heterocycles. The van der Waals surface area contributed by atoms with E-state index < -0.39 is 0 Å². The lowest BCUT2D eigenvalue weighted by Gasteiger charge is -2.10. The summed E-state index contributed by atoms with van der Waals surface area (Å²) in [6.45, 7) is 0.370. The van der Waals surface area contributed by atoms with E-state index in [2.05, 4.69) is 25.9 Å². The fraction of sp³-hybridized carbons (Fsp3) is 0.0909. The van der Waals surface area contributed by atoms with E-state index in [1.54, 1.807) is 18.3 Å². The van der Waals surface area contributed by atoms with E-state index in [1.807, 2.05) is 6.07 Å². The van der Waals surface area contributed by atoms with Crippen LogP contribution in [-0.2, 0) is 6.54 Å². The summed E-state index contributed by atoms with van der Waals surface area (Å²) in [7, 11) is 0. The summed E-state index contributed by atoms with van der Waals surface area (Å²) >= 11 is 9.22. The van der Waals surface area contributed by atoms with Crippen LogP contribution in [0.4, 0.5) is 0 Å². The first-order chi connectivity index (χ1) is 8.20. The highest BCUT2D eigenvalue weighted by atomic mass is 79.9. The fourth-order valence-electron chi connectivity index (χ4n) is 1.27. The van der Waals surface area contributed by atoms with Gasteiger partial charge in [0.05, 0.1) is 4.47 Å². The van der Waals surface area contributed by atoms with Crippen LogP contribution in [-0.4, -0.2) is 9.97 Å². The first kappa shape index (κ1) is 12.3. The average molecular weight is 315 g/mol. The molecule has 0 unspecified atom stereocenters. The second-order valence-electron chi connectivity index (χ2n) is 3.23. The lowest BCUT2D eigenvalue weighted by Crippen LogP contribution is -2.00. The monoisotopic (exact) mass is 313 g/mol. The molecule has 2 aromatic rings. The molecule has 2 N–H and O–H groups in total. The van der Waals surface area contributed by atoms with Crippen LogP contribution in [0.3, 0.4) is 0 Å². The molecule has 1 heterocycles. The number of hydrogen-bond donors (Lipinski definition) is 1. The summed E-state index contributed by atoms with van der Waals surface area (Å²) in [6.07, 6.45) is 3.02. The molecular formula is C11H9BrClN3O. The highest BCUT2D eigenvalue weighted by molar-refractivity contribution is 9.10. The predicted octanol–water partition coefficient (Wildman–Crippen LogP) is 3.14. The van der Waals surface area contributed by atoms with E-state index >= 15 is 0 Å². The third-order valence-electron chi connectivity index (χ3n) is 2.09. The van der Waals surface area contributed by atoms with Crippen molar-refractivity contribution in [2.24, 2.45) is 5.73 Å². The SMILES string of the molecule is NCc1ccc(Cl)cc1Oc1ncncc1Br. The molecule has 4 nitrogen and oxygen atoms in total. The van der Waals surface area contributed by atoms with Crippen molar-refractivity contribution in [3.63, 3.8) is 0 Å². The molecule has 6 heteroatoms. The second kappa shape index (κ2) is 5.44. The van der Waals surface area contributed by atoms with E-state index in [0.29, 0.717) is 27.7 Å². The maximum Gasteiger partial charge on any atom is 0.236 e. The van der Waals surface area contributed by atoms with Gasteiger partial charge in [-0.15, -0.1) is 0 Å². The van der Waals surface area contributed by atoms with Gasteiger partial charge in [-0.1, -0.05) is 17.7 Å². The smallest absolute Gasteiger partial charge is 0.236 e. The molecule has 0 saturated heterocycles. The van der Waals surface area contributed by atoms with Gasteiger partial charge in [-0.25, -0.2) is 9.97 Å². The van der Waals surface area contributed by atoms with Gasteiger partial charge in [-0.2, -0.15) is 0 Å². The quantitative estimate of drug-likeness (QED) is 0.945. The number of ether oxygens (including phenoxy) is 1. The molecule has 0 amide bonds.